The van der Waals surface area contributed by atoms with Crippen LogP contribution in [0.5, 0.6) is 0 Å². The summed E-state index contributed by atoms with van der Waals surface area (Å²) >= 11 is 0. The van der Waals surface area contributed by atoms with Crippen molar-refractivity contribution >= 4 is 0 Å². The summed E-state index contributed by atoms with van der Waals surface area (Å²) in [5.74, 6) is -1.26. The lowest BCUT2D eigenvalue weighted by Gasteiger charge is -2.30. The largest absolute Gasteiger partial charge is 0.391 e. The van der Waals surface area contributed by atoms with Gasteiger partial charge in [0.15, 0.2) is 0 Å². The molecule has 0 amide bonds. The molecule has 0 N–H and O–H groups in total. The Morgan fingerprint density at radius 2 is 1.39 bits per heavy atom. The molecule has 0 radical (unpaired) electrons. The molecule has 23 heavy (non-hydrogen) atoms. The number of benzene rings is 2. The predicted octanol–water partition coefficient (Wildman–Crippen LogP) is 6.33. The van der Waals surface area contributed by atoms with E-state index in [-0.39, 0.29) is 24.6 Å². The fraction of sp³-hybridized carbons (Fsp3) is 0.368. The van der Waals surface area contributed by atoms with E-state index in [1.165, 1.54) is 6.07 Å². The van der Waals surface area contributed by atoms with E-state index in [4.69, 9.17) is 0 Å². The molecule has 0 nitrogen and oxygen atoms in total. The van der Waals surface area contributed by atoms with Gasteiger partial charge < -0.3 is 0 Å². The Morgan fingerprint density at radius 3 is 1.96 bits per heavy atom. The predicted molar refractivity (Wildman–Crippen MR) is 82.6 cm³/mol. The summed E-state index contributed by atoms with van der Waals surface area (Å²) < 4.78 is 51.9. The van der Waals surface area contributed by atoms with Gasteiger partial charge in [0.1, 0.15) is 5.82 Å². The van der Waals surface area contributed by atoms with Gasteiger partial charge in [-0.1, -0.05) is 42.5 Å². The van der Waals surface area contributed by atoms with Gasteiger partial charge in [-0.05, 0) is 48.8 Å². The lowest BCUT2D eigenvalue weighted by atomic mass is 9.78. The molecular weight excluding hydrogens is 304 g/mol. The van der Waals surface area contributed by atoms with Gasteiger partial charge in [0.05, 0.1) is 5.92 Å². The number of rotatable bonds is 2. The minimum atomic E-state index is -4.07. The van der Waals surface area contributed by atoms with E-state index in [0.29, 0.717) is 18.4 Å². The van der Waals surface area contributed by atoms with Crippen molar-refractivity contribution in [3.8, 4) is 11.1 Å². The summed E-state index contributed by atoms with van der Waals surface area (Å²) in [7, 11) is 0. The smallest absolute Gasteiger partial charge is 0.206 e. The van der Waals surface area contributed by atoms with Gasteiger partial charge in [-0.15, -0.1) is 0 Å². The number of hydrogen-bond acceptors (Lipinski definition) is 0. The molecule has 1 aliphatic rings. The first-order valence-electron chi connectivity index (χ1n) is 7.86. The topological polar surface area (TPSA) is 0 Å². The van der Waals surface area contributed by atoms with Gasteiger partial charge in [-0.2, -0.15) is 13.2 Å². The summed E-state index contributed by atoms with van der Waals surface area (Å²) in [6.45, 7) is 0. The van der Waals surface area contributed by atoms with Crippen molar-refractivity contribution in [1.82, 2.24) is 0 Å². The zero-order valence-electron chi connectivity index (χ0n) is 12.6. The molecule has 4 heteroatoms. The normalized spacial score (nSPS) is 22.1. The van der Waals surface area contributed by atoms with Crippen molar-refractivity contribution in [2.75, 3.05) is 0 Å². The van der Waals surface area contributed by atoms with E-state index < -0.39 is 12.1 Å². The summed E-state index contributed by atoms with van der Waals surface area (Å²) in [6.07, 6.45) is -2.56. The van der Waals surface area contributed by atoms with E-state index in [2.05, 4.69) is 0 Å². The molecule has 2 aromatic carbocycles. The molecule has 122 valence electrons. The van der Waals surface area contributed by atoms with E-state index >= 15 is 0 Å². The van der Waals surface area contributed by atoms with Crippen LogP contribution < -0.4 is 0 Å². The van der Waals surface area contributed by atoms with Crippen LogP contribution in [0.25, 0.3) is 11.1 Å². The minimum Gasteiger partial charge on any atom is -0.206 e. The third-order valence-corrected chi connectivity index (χ3v) is 4.76. The Kier molecular flexibility index (Phi) is 4.42. The lowest BCUT2D eigenvalue weighted by Crippen LogP contribution is -2.27. The highest BCUT2D eigenvalue weighted by Gasteiger charge is 2.41. The SMILES string of the molecule is Fc1ccccc1-c1ccc(C2CCC(C(F)(F)F)CC2)cc1. The van der Waals surface area contributed by atoms with Crippen LogP contribution in [0.15, 0.2) is 48.5 Å². The monoisotopic (exact) mass is 322 g/mol. The van der Waals surface area contributed by atoms with E-state index in [9.17, 15) is 17.6 Å². The molecule has 0 atom stereocenters. The highest BCUT2D eigenvalue weighted by atomic mass is 19.4. The molecule has 0 heterocycles. The highest BCUT2D eigenvalue weighted by Crippen LogP contribution is 2.43. The first-order chi connectivity index (χ1) is 10.9. The van der Waals surface area contributed by atoms with Crippen LogP contribution in [0.3, 0.4) is 0 Å². The maximum atomic E-state index is 13.8. The second kappa shape index (κ2) is 6.34. The third kappa shape index (κ3) is 3.57. The zero-order chi connectivity index (χ0) is 16.4. The summed E-state index contributed by atoms with van der Waals surface area (Å²) in [6, 6.07) is 14.1. The van der Waals surface area contributed by atoms with Gasteiger partial charge in [-0.3, -0.25) is 0 Å². The maximum Gasteiger partial charge on any atom is 0.391 e. The fourth-order valence-electron chi connectivity index (χ4n) is 3.38. The lowest BCUT2D eigenvalue weighted by molar-refractivity contribution is -0.182. The van der Waals surface area contributed by atoms with Crippen LogP contribution in [-0.2, 0) is 0 Å². The minimum absolute atomic E-state index is 0.170. The Bertz CT molecular complexity index is 650. The van der Waals surface area contributed by atoms with Gasteiger partial charge in [0, 0.05) is 5.56 Å². The van der Waals surface area contributed by atoms with Crippen molar-refractivity contribution < 1.29 is 17.6 Å². The Balaban J connectivity index is 1.70. The molecule has 0 aliphatic heterocycles. The summed E-state index contributed by atoms with van der Waals surface area (Å²) in [5.41, 5.74) is 2.38. The number of halogens is 4. The molecule has 2 aromatic rings. The average molecular weight is 322 g/mol. The molecule has 3 rings (SSSR count). The van der Waals surface area contributed by atoms with Crippen LogP contribution in [0, 0.1) is 11.7 Å². The van der Waals surface area contributed by atoms with Crippen molar-refractivity contribution in [3.05, 3.63) is 59.9 Å². The molecule has 0 aromatic heterocycles. The molecule has 0 saturated heterocycles. The van der Waals surface area contributed by atoms with E-state index in [0.717, 1.165) is 11.1 Å². The van der Waals surface area contributed by atoms with Crippen LogP contribution >= 0.6 is 0 Å². The van der Waals surface area contributed by atoms with Gasteiger partial charge in [0.25, 0.3) is 0 Å². The van der Waals surface area contributed by atoms with E-state index in [1.807, 2.05) is 24.3 Å². The second-order valence-corrected chi connectivity index (χ2v) is 6.19. The fourth-order valence-corrected chi connectivity index (χ4v) is 3.38. The summed E-state index contributed by atoms with van der Waals surface area (Å²) in [5, 5.41) is 0. The first-order valence-corrected chi connectivity index (χ1v) is 7.86. The van der Waals surface area contributed by atoms with Crippen molar-refractivity contribution in [1.29, 1.82) is 0 Å². The van der Waals surface area contributed by atoms with Gasteiger partial charge in [0.2, 0.25) is 0 Å². The molecular formula is C19H18F4. The first kappa shape index (κ1) is 16.0. The Labute approximate surface area is 133 Å². The molecule has 1 aliphatic carbocycles. The van der Waals surface area contributed by atoms with Crippen LogP contribution in [-0.4, -0.2) is 6.18 Å². The molecule has 0 spiro atoms. The average Bonchev–Trinajstić information content (AvgIpc) is 2.55. The standard InChI is InChI=1S/C19H18F4/c20-18-4-2-1-3-17(18)15-7-5-13(6-8-15)14-9-11-16(12-10-14)19(21,22)23/h1-8,14,16H,9-12H2. The van der Waals surface area contributed by atoms with E-state index in [1.54, 1.807) is 18.2 Å². The second-order valence-electron chi connectivity index (χ2n) is 6.19. The summed E-state index contributed by atoms with van der Waals surface area (Å²) in [4.78, 5) is 0. The third-order valence-electron chi connectivity index (χ3n) is 4.76. The maximum absolute atomic E-state index is 13.8. The van der Waals surface area contributed by atoms with Crippen molar-refractivity contribution in [2.45, 2.75) is 37.8 Å². The molecule has 1 saturated carbocycles. The van der Waals surface area contributed by atoms with Crippen molar-refractivity contribution in [3.63, 3.8) is 0 Å². The van der Waals surface area contributed by atoms with Crippen LogP contribution in [0.2, 0.25) is 0 Å². The Hall–Kier alpha value is -1.84. The van der Waals surface area contributed by atoms with Crippen molar-refractivity contribution in [2.24, 2.45) is 5.92 Å². The molecule has 0 unspecified atom stereocenters. The van der Waals surface area contributed by atoms with Crippen LogP contribution in [0.1, 0.15) is 37.2 Å². The quantitative estimate of drug-likeness (QED) is 0.567. The van der Waals surface area contributed by atoms with Gasteiger partial charge in [-0.25, -0.2) is 4.39 Å². The zero-order valence-corrected chi connectivity index (χ0v) is 12.6. The Morgan fingerprint density at radius 1 is 0.783 bits per heavy atom. The molecule has 0 bridgehead atoms. The number of alkyl halides is 3. The number of hydrogen-bond donors (Lipinski definition) is 0. The molecule has 1 fully saturated rings. The van der Waals surface area contributed by atoms with Gasteiger partial charge >= 0.3 is 6.18 Å². The highest BCUT2D eigenvalue weighted by molar-refractivity contribution is 5.64. The van der Waals surface area contributed by atoms with Crippen LogP contribution in [0.4, 0.5) is 17.6 Å².